The van der Waals surface area contributed by atoms with Crippen molar-refractivity contribution in [1.29, 1.82) is 0 Å². The van der Waals surface area contributed by atoms with Gasteiger partial charge in [-0.25, -0.2) is 0 Å². The molecule has 1 aliphatic heterocycles. The van der Waals surface area contributed by atoms with Crippen LogP contribution in [0.15, 0.2) is 76.8 Å². The number of nitrogens with zero attached hydrogens (tertiary/aromatic N) is 2. The van der Waals surface area contributed by atoms with Crippen molar-refractivity contribution in [2.24, 2.45) is 0 Å². The van der Waals surface area contributed by atoms with E-state index in [2.05, 4.69) is 71.4 Å². The molecular formula is C17H14N2S. The van der Waals surface area contributed by atoms with Crippen LogP contribution in [0.2, 0.25) is 0 Å². The zero-order valence-electron chi connectivity index (χ0n) is 11.2. The van der Waals surface area contributed by atoms with Crippen LogP contribution in [0.5, 0.6) is 0 Å². The van der Waals surface area contributed by atoms with Crippen molar-refractivity contribution < 1.29 is 0 Å². The Morgan fingerprint density at radius 2 is 1.55 bits per heavy atom. The van der Waals surface area contributed by atoms with E-state index in [9.17, 15) is 0 Å². The first kappa shape index (κ1) is 11.7. The number of aromatic nitrogens is 1. The van der Waals surface area contributed by atoms with Crippen LogP contribution in [0.1, 0.15) is 0 Å². The molecule has 2 heterocycles. The molecule has 0 N–H and O–H groups in total. The van der Waals surface area contributed by atoms with Gasteiger partial charge in [-0.15, -0.1) is 0 Å². The average molecular weight is 278 g/mol. The summed E-state index contributed by atoms with van der Waals surface area (Å²) >= 11 is 1.84. The van der Waals surface area contributed by atoms with Gasteiger partial charge in [0.25, 0.3) is 0 Å². The fourth-order valence-electron chi connectivity index (χ4n) is 2.59. The van der Waals surface area contributed by atoms with Crippen LogP contribution >= 0.6 is 11.8 Å². The van der Waals surface area contributed by atoms with E-state index in [1.54, 1.807) is 0 Å². The Hall–Kier alpha value is -2.13. The Labute approximate surface area is 122 Å². The quantitative estimate of drug-likeness (QED) is 0.637. The Morgan fingerprint density at radius 1 is 0.800 bits per heavy atom. The number of para-hydroxylation sites is 1. The third-order valence-corrected chi connectivity index (χ3v) is 4.78. The molecule has 0 amide bonds. The van der Waals surface area contributed by atoms with Gasteiger partial charge < -0.3 is 9.47 Å². The van der Waals surface area contributed by atoms with Crippen molar-refractivity contribution in [1.82, 2.24) is 4.57 Å². The van der Waals surface area contributed by atoms with E-state index in [-0.39, 0.29) is 0 Å². The van der Waals surface area contributed by atoms with Gasteiger partial charge in [0, 0.05) is 34.9 Å². The summed E-state index contributed by atoms with van der Waals surface area (Å²) in [6, 6.07) is 19.3. The molecule has 0 aliphatic carbocycles. The molecule has 0 saturated carbocycles. The first-order chi connectivity index (χ1) is 9.83. The maximum atomic E-state index is 2.27. The molecule has 0 fully saturated rings. The second kappa shape index (κ2) is 4.46. The molecule has 3 aromatic rings. The lowest BCUT2D eigenvalue weighted by atomic mass is 10.2. The molecule has 0 radical (unpaired) electrons. The molecule has 1 aromatic heterocycles. The predicted molar refractivity (Wildman–Crippen MR) is 84.4 cm³/mol. The molecule has 20 heavy (non-hydrogen) atoms. The van der Waals surface area contributed by atoms with Crippen LogP contribution in [-0.2, 0) is 0 Å². The number of hydrogen-bond acceptors (Lipinski definition) is 2. The summed E-state index contributed by atoms with van der Waals surface area (Å²) in [4.78, 5) is 4.90. The van der Waals surface area contributed by atoms with Crippen LogP contribution < -0.4 is 4.90 Å². The smallest absolute Gasteiger partial charge is 0.0571 e. The summed E-state index contributed by atoms with van der Waals surface area (Å²) in [5, 5.41) is 0. The molecule has 0 bridgehead atoms. The highest BCUT2D eigenvalue weighted by Gasteiger charge is 2.20. The lowest BCUT2D eigenvalue weighted by Crippen LogP contribution is -2.14. The highest BCUT2D eigenvalue weighted by atomic mass is 32.2. The standard InChI is InChI=1S/C17H14N2S/c1-18-14-6-2-3-7-16(14)20-17-9-8-13(12-15(17)18)19-10-4-5-11-19/h2-12H,1H3. The van der Waals surface area contributed by atoms with E-state index < -0.39 is 0 Å². The van der Waals surface area contributed by atoms with E-state index in [0.29, 0.717) is 0 Å². The van der Waals surface area contributed by atoms with E-state index in [1.165, 1.54) is 26.9 Å². The van der Waals surface area contributed by atoms with Crippen LogP contribution in [-0.4, -0.2) is 11.6 Å². The van der Waals surface area contributed by atoms with Gasteiger partial charge in [0.1, 0.15) is 0 Å². The number of benzene rings is 2. The molecule has 4 rings (SSSR count). The second-order valence-corrected chi connectivity index (χ2v) is 5.95. The zero-order valence-corrected chi connectivity index (χ0v) is 12.0. The minimum Gasteiger partial charge on any atom is -0.343 e. The lowest BCUT2D eigenvalue weighted by molar-refractivity contribution is 1.05. The van der Waals surface area contributed by atoms with Crippen molar-refractivity contribution >= 4 is 23.1 Å². The highest BCUT2D eigenvalue weighted by Crippen LogP contribution is 2.47. The molecule has 0 atom stereocenters. The lowest BCUT2D eigenvalue weighted by Gasteiger charge is -2.29. The average Bonchev–Trinajstić information content (AvgIpc) is 3.02. The van der Waals surface area contributed by atoms with E-state index in [0.717, 1.165) is 0 Å². The minimum absolute atomic E-state index is 1.19. The third kappa shape index (κ3) is 1.74. The Kier molecular flexibility index (Phi) is 2.60. The van der Waals surface area contributed by atoms with Gasteiger partial charge in [-0.2, -0.15) is 0 Å². The van der Waals surface area contributed by atoms with Gasteiger partial charge in [-0.05, 0) is 42.5 Å². The summed E-state index contributed by atoms with van der Waals surface area (Å²) in [5.74, 6) is 0. The van der Waals surface area contributed by atoms with Crippen LogP contribution in [0.3, 0.4) is 0 Å². The molecule has 1 aliphatic rings. The summed E-state index contributed by atoms with van der Waals surface area (Å²) < 4.78 is 2.14. The number of hydrogen-bond donors (Lipinski definition) is 0. The van der Waals surface area contributed by atoms with Crippen molar-refractivity contribution in [2.45, 2.75) is 9.79 Å². The summed E-state index contributed by atoms with van der Waals surface area (Å²) in [6.45, 7) is 0. The molecule has 2 nitrogen and oxygen atoms in total. The van der Waals surface area contributed by atoms with Crippen molar-refractivity contribution in [3.8, 4) is 5.69 Å². The molecule has 98 valence electrons. The number of anilines is 2. The monoisotopic (exact) mass is 278 g/mol. The normalized spacial score (nSPS) is 12.9. The molecular weight excluding hydrogens is 264 g/mol. The minimum atomic E-state index is 1.19. The Bertz CT molecular complexity index is 762. The van der Waals surface area contributed by atoms with Gasteiger partial charge >= 0.3 is 0 Å². The summed E-state index contributed by atoms with van der Waals surface area (Å²) in [5.41, 5.74) is 3.73. The Morgan fingerprint density at radius 3 is 2.40 bits per heavy atom. The molecule has 0 spiro atoms. The van der Waals surface area contributed by atoms with Gasteiger partial charge in [0.2, 0.25) is 0 Å². The van der Waals surface area contributed by atoms with Gasteiger partial charge in [0.15, 0.2) is 0 Å². The van der Waals surface area contributed by atoms with Gasteiger partial charge in [-0.1, -0.05) is 23.9 Å². The van der Waals surface area contributed by atoms with E-state index in [1.807, 2.05) is 23.9 Å². The zero-order chi connectivity index (χ0) is 13.5. The van der Waals surface area contributed by atoms with Crippen LogP contribution in [0.25, 0.3) is 5.69 Å². The maximum absolute atomic E-state index is 2.27. The summed E-state index contributed by atoms with van der Waals surface area (Å²) in [7, 11) is 2.14. The summed E-state index contributed by atoms with van der Waals surface area (Å²) in [6.07, 6.45) is 4.15. The predicted octanol–water partition coefficient (Wildman–Crippen LogP) is 4.71. The first-order valence-corrected chi connectivity index (χ1v) is 7.42. The van der Waals surface area contributed by atoms with Crippen LogP contribution in [0.4, 0.5) is 11.4 Å². The van der Waals surface area contributed by atoms with Crippen LogP contribution in [0, 0.1) is 0 Å². The Balaban J connectivity index is 1.84. The number of fused-ring (bicyclic) bond motifs is 2. The van der Waals surface area contributed by atoms with E-state index >= 15 is 0 Å². The van der Waals surface area contributed by atoms with Crippen molar-refractivity contribution in [3.63, 3.8) is 0 Å². The van der Waals surface area contributed by atoms with Crippen molar-refractivity contribution in [2.75, 3.05) is 11.9 Å². The number of rotatable bonds is 1. The van der Waals surface area contributed by atoms with E-state index in [4.69, 9.17) is 0 Å². The topological polar surface area (TPSA) is 8.17 Å². The second-order valence-electron chi connectivity index (χ2n) is 4.87. The highest BCUT2D eigenvalue weighted by molar-refractivity contribution is 7.99. The SMILES string of the molecule is CN1c2ccccc2Sc2ccc(-n3cccc3)cc21. The van der Waals surface area contributed by atoms with Gasteiger partial charge in [0.05, 0.1) is 11.4 Å². The largest absolute Gasteiger partial charge is 0.343 e. The van der Waals surface area contributed by atoms with Crippen molar-refractivity contribution in [3.05, 3.63) is 67.0 Å². The fraction of sp³-hybridized carbons (Fsp3) is 0.0588. The molecule has 0 saturated heterocycles. The first-order valence-electron chi connectivity index (χ1n) is 6.61. The molecule has 3 heteroatoms. The maximum Gasteiger partial charge on any atom is 0.0571 e. The molecule has 0 unspecified atom stereocenters. The third-order valence-electron chi connectivity index (χ3n) is 3.65. The fourth-order valence-corrected chi connectivity index (χ4v) is 3.72. The molecule has 2 aromatic carbocycles. The van der Waals surface area contributed by atoms with Gasteiger partial charge in [-0.3, -0.25) is 0 Å².